The van der Waals surface area contributed by atoms with E-state index in [1.807, 2.05) is 97.1 Å². The molecule has 9 heterocycles. The van der Waals surface area contributed by atoms with Crippen molar-refractivity contribution < 1.29 is 37.2 Å². The predicted molar refractivity (Wildman–Crippen MR) is 534 cm³/mol. The van der Waals surface area contributed by atoms with E-state index in [0.717, 1.165) is 116 Å². The topological polar surface area (TPSA) is 441 Å². The zero-order valence-corrected chi connectivity index (χ0v) is 79.2. The maximum atomic E-state index is 15.2. The molecule has 0 amide bonds. The second-order valence-electron chi connectivity index (χ2n) is 35.9. The number of H-pyrrole nitrogens is 3. The molecule has 0 bridgehead atoms. The molecule has 0 saturated carbocycles. The van der Waals surface area contributed by atoms with Gasteiger partial charge in [0.05, 0.1) is 93.4 Å². The minimum atomic E-state index is -0.518. The van der Waals surface area contributed by atoms with Crippen LogP contribution in [0.15, 0.2) is 205 Å². The Morgan fingerprint density at radius 3 is 1.35 bits per heavy atom. The summed E-state index contributed by atoms with van der Waals surface area (Å²) in [6.45, 7) is 15.2. The van der Waals surface area contributed by atoms with E-state index in [1.165, 1.54) is 32.0 Å². The number of ether oxygens (including phenoxy) is 2. The summed E-state index contributed by atoms with van der Waals surface area (Å²) in [6.07, 6.45) is 20.1. The molecule has 28 nitrogen and oxygen atoms in total. The zero-order valence-electron chi connectivity index (χ0n) is 76.9. The summed E-state index contributed by atoms with van der Waals surface area (Å²) in [5.41, 5.74) is 43.7. The first-order chi connectivity index (χ1) is 65.3. The van der Waals surface area contributed by atoms with Gasteiger partial charge in [0.1, 0.15) is 28.6 Å². The number of aromatic nitrogens is 10. The Kier molecular flexibility index (Phi) is 35.1. The lowest BCUT2D eigenvalue weighted by molar-refractivity contribution is -0.0935. The molecular weight excluding hydrogens is 1800 g/mol. The Balaban J connectivity index is 0.000000173. The van der Waals surface area contributed by atoms with Crippen LogP contribution in [-0.4, -0.2) is 134 Å². The van der Waals surface area contributed by atoms with Crippen LogP contribution >= 0.6 is 34.8 Å². The average molecular weight is 1920 g/mol. The van der Waals surface area contributed by atoms with Crippen LogP contribution in [0.25, 0.3) is 83.9 Å². The first kappa shape index (κ1) is 101. The van der Waals surface area contributed by atoms with Gasteiger partial charge in [0, 0.05) is 95.9 Å². The number of halogens is 7. The molecule has 0 radical (unpaired) electrons. The molecule has 136 heavy (non-hydrogen) atoms. The summed E-state index contributed by atoms with van der Waals surface area (Å²) >= 11 is 18.8. The van der Waals surface area contributed by atoms with E-state index in [0.29, 0.717) is 165 Å². The number of benzene rings is 6. The number of fused-ring (bicyclic) bond motifs is 3. The third-order valence-corrected chi connectivity index (χ3v) is 24.8. The molecular formula is C101H118Cl3F4N21O7. The molecule has 3 unspecified atom stereocenters. The van der Waals surface area contributed by atoms with Crippen LogP contribution in [0.5, 0.6) is 0 Å². The first-order valence-electron chi connectivity index (χ1n) is 45.8. The molecule has 2 aliphatic rings. The molecule has 0 aliphatic carbocycles. The largest absolute Gasteiger partial charge is 0.394 e. The van der Waals surface area contributed by atoms with Gasteiger partial charge in [-0.25, -0.2) is 41.9 Å². The fourth-order valence-corrected chi connectivity index (χ4v) is 17.6. The number of aliphatic hydroxyl groups excluding tert-OH is 2. The number of nitrogens with zero attached hydrogens (tertiary/aromatic N) is 10. The van der Waals surface area contributed by atoms with E-state index in [4.69, 9.17) is 78.7 Å². The molecule has 7 aromatic heterocycles. The average Bonchev–Trinajstić information content (AvgIpc) is 1.61. The van der Waals surface area contributed by atoms with Crippen molar-refractivity contribution in [3.63, 3.8) is 0 Å². The molecule has 19 N–H and O–H groups in total. The number of anilines is 1. The fraction of sp³-hybridized carbons (Fsp3) is 0.366. The minimum Gasteiger partial charge on any atom is -0.394 e. The summed E-state index contributed by atoms with van der Waals surface area (Å²) in [7, 11) is 0. The molecule has 15 rings (SSSR count). The van der Waals surface area contributed by atoms with Gasteiger partial charge in [-0.1, -0.05) is 144 Å². The highest BCUT2D eigenvalue weighted by Gasteiger charge is 2.32. The number of pyridine rings is 1. The van der Waals surface area contributed by atoms with Gasteiger partial charge >= 0.3 is 17.1 Å². The van der Waals surface area contributed by atoms with Crippen molar-refractivity contribution in [3.8, 4) is 50.8 Å². The van der Waals surface area contributed by atoms with Crippen molar-refractivity contribution in [2.75, 3.05) is 44.7 Å². The molecule has 13 aromatic rings. The van der Waals surface area contributed by atoms with E-state index in [2.05, 4.69) is 102 Å². The van der Waals surface area contributed by atoms with Crippen molar-refractivity contribution in [2.24, 2.45) is 73.1 Å². The third kappa shape index (κ3) is 27.4. The number of hydrogen-bond donors (Lipinski definition) is 13. The van der Waals surface area contributed by atoms with E-state index in [9.17, 15) is 29.0 Å². The Bertz CT molecular complexity index is 6600. The Labute approximate surface area is 800 Å². The van der Waals surface area contributed by atoms with Gasteiger partial charge in [0.25, 0.3) is 0 Å². The number of aliphatic hydroxyl groups is 2. The number of aromatic amines is 3. The lowest BCUT2D eigenvalue weighted by Crippen LogP contribution is -2.36. The van der Waals surface area contributed by atoms with Crippen LogP contribution in [0.2, 0.25) is 15.1 Å². The second kappa shape index (κ2) is 47.3. The lowest BCUT2D eigenvalue weighted by Gasteiger charge is -2.35. The first-order valence-corrected chi connectivity index (χ1v) is 47.0. The summed E-state index contributed by atoms with van der Waals surface area (Å²) in [6, 6.07) is 40.9. The predicted octanol–water partition coefficient (Wildman–Crippen LogP) is 17.1. The molecule has 2 aliphatic heterocycles. The van der Waals surface area contributed by atoms with Gasteiger partial charge in [-0.05, 0) is 231 Å². The highest BCUT2D eigenvalue weighted by molar-refractivity contribution is 6.32. The molecule has 35 heteroatoms. The number of aliphatic imine (C=N–C) groups is 3. The van der Waals surface area contributed by atoms with Gasteiger partial charge in [0.2, 0.25) is 0 Å². The van der Waals surface area contributed by atoms with Crippen LogP contribution in [0.3, 0.4) is 0 Å². The fourth-order valence-electron chi connectivity index (χ4n) is 16.9. The van der Waals surface area contributed by atoms with Crippen molar-refractivity contribution in [2.45, 2.75) is 175 Å². The molecule has 0 spiro atoms. The number of rotatable bonds is 36. The van der Waals surface area contributed by atoms with Gasteiger partial charge in [-0.15, -0.1) is 0 Å². The van der Waals surface area contributed by atoms with Crippen molar-refractivity contribution >= 4 is 91.6 Å². The zero-order chi connectivity index (χ0) is 97.0. The van der Waals surface area contributed by atoms with Crippen molar-refractivity contribution in [1.29, 1.82) is 0 Å². The SMILES string of the molecule is CC(C)CCCc1cc(Cl)c(F)c(-c2cc3cn(-c4ccc(CN[C@H](CCN=C(N)N)CNc5cc(F)ccn5)cc4)c(=O)nc3[nH]2)c1.CC(C)CCCc1cc(Cl)c(F)c(-c2cc3cn(-c4ccc([C@@H]5C/C(=C/CN=C(N)N)CC(CO)O5)cc4)c(=O)nc3[nH]2)c1.CC(C)CCCc1cc(Cl)c(F)c(-c2cc3cn(-c4ccc([C@@H]5CC(CCN=C(N)N)CC(CO)O5)cc4)c(=O)nc3[nH]2)c1. The Morgan fingerprint density at radius 1 is 0.507 bits per heavy atom. The van der Waals surface area contributed by atoms with Crippen molar-refractivity contribution in [3.05, 3.63) is 279 Å². The Hall–Kier alpha value is -12.5. The number of guanidine groups is 3. The van der Waals surface area contributed by atoms with Crippen molar-refractivity contribution in [1.82, 2.24) is 53.9 Å². The van der Waals surface area contributed by atoms with E-state index in [-0.39, 0.29) is 82.4 Å². The van der Waals surface area contributed by atoms with Gasteiger partial charge in [-0.2, -0.15) is 15.0 Å². The molecule has 718 valence electrons. The molecule has 2 fully saturated rings. The second-order valence-corrected chi connectivity index (χ2v) is 37.1. The molecule has 6 atom stereocenters. The van der Waals surface area contributed by atoms with Crippen LogP contribution in [0.4, 0.5) is 23.4 Å². The minimum absolute atomic E-state index is 0.0150. The maximum absolute atomic E-state index is 15.2. The van der Waals surface area contributed by atoms with Gasteiger partial charge in [-0.3, -0.25) is 23.7 Å². The van der Waals surface area contributed by atoms with Gasteiger partial charge < -0.3 is 79.7 Å². The highest BCUT2D eigenvalue weighted by atomic mass is 35.5. The smallest absolute Gasteiger partial charge is 0.354 e. The lowest BCUT2D eigenvalue weighted by atomic mass is 9.86. The molecule has 6 aromatic carbocycles. The number of nitrogens with two attached hydrogens (primary N) is 6. The summed E-state index contributed by atoms with van der Waals surface area (Å²) < 4.78 is 75.7. The van der Waals surface area contributed by atoms with Crippen LogP contribution in [-0.2, 0) is 35.3 Å². The summed E-state index contributed by atoms with van der Waals surface area (Å²) in [4.78, 5) is 77.5. The number of nitrogens with one attached hydrogen (secondary N) is 5. The van der Waals surface area contributed by atoms with Crippen LogP contribution < -0.4 is 62.1 Å². The normalized spacial score (nSPS) is 16.1. The van der Waals surface area contributed by atoms with Crippen LogP contribution in [0, 0.1) is 46.9 Å². The van der Waals surface area contributed by atoms with Crippen LogP contribution in [0.1, 0.15) is 164 Å². The molecule has 2 saturated heterocycles. The van der Waals surface area contributed by atoms with E-state index in [1.54, 1.807) is 55.0 Å². The quantitative estimate of drug-likeness (QED) is 0.00750. The van der Waals surface area contributed by atoms with E-state index >= 15 is 13.2 Å². The monoisotopic (exact) mass is 1920 g/mol. The number of aryl methyl sites for hydroxylation is 3. The maximum Gasteiger partial charge on any atom is 0.354 e. The van der Waals surface area contributed by atoms with Gasteiger partial charge in [0.15, 0.2) is 35.3 Å². The highest BCUT2D eigenvalue weighted by Crippen LogP contribution is 2.41. The Morgan fingerprint density at radius 2 is 0.926 bits per heavy atom. The summed E-state index contributed by atoms with van der Waals surface area (Å²) in [5.74, 6) is 0.681. The van der Waals surface area contributed by atoms with E-state index < -0.39 is 34.5 Å². The summed E-state index contributed by atoms with van der Waals surface area (Å²) in [5, 5.41) is 28.4. The standard InChI is InChI=1S/C35H40ClF2N9O.C33H40ClFN6O3.C33H38ClFN6O3/c1-21(2)4-3-5-23-14-28(32(38)29(36)15-23)30-16-24-20-47(35(48)46-33(24)45-30)27-8-6-22(7-9-27)18-43-26(11-13-42-34(39)40)19-44-31-17-25(37)10-12-41-31;2*1-19(2)4-3-5-20-13-26(30(35)27(34)14-20)28-16-23-17-41(33(43)40-31(23)39-28)24-8-6-22(7-9-24)29-15-21(10-11-38-32(36)37)12-25(18-42)44-29/h6-10,12,14-17,20-21,26,43H,3-5,11,13,18-19H2,1-2H3,(H,41,44)(H4,39,40,42)(H,45,46,48);6-9,13-14,16-17,19,21,25,29,42H,3-5,10-12,15,18H2,1-2H3,(H4,36,37,38)(H,39,40,43);6-10,13-14,16-17,19,25,29,42H,3-5,11-12,15,18H2,1-2H3,(H4,36,37,38)(H,39,40,43)/b;;21-10+/t26-;21?,25?,29-;25?,29-/m100/s1. The third-order valence-electron chi connectivity index (χ3n) is 24.0. The number of hydrogen-bond acceptors (Lipinski definition) is 16.